The maximum absolute atomic E-state index is 13.1. The van der Waals surface area contributed by atoms with Crippen LogP contribution in [-0.2, 0) is 0 Å². The minimum Gasteiger partial charge on any atom is -0.382 e. The van der Waals surface area contributed by atoms with E-state index in [4.69, 9.17) is 5.73 Å². The summed E-state index contributed by atoms with van der Waals surface area (Å²) in [6.07, 6.45) is 2.16. The first kappa shape index (κ1) is 13.7. The molecule has 1 amide bonds. The van der Waals surface area contributed by atoms with Crippen LogP contribution >= 0.6 is 11.3 Å². The number of nitrogens with two attached hydrogens (primary N) is 1. The molecule has 5 nitrogen and oxygen atoms in total. The molecule has 3 rings (SSSR count). The van der Waals surface area contributed by atoms with Crippen molar-refractivity contribution in [2.75, 3.05) is 16.4 Å². The Morgan fingerprint density at radius 3 is 2.76 bits per heavy atom. The highest BCUT2D eigenvalue weighted by atomic mass is 32.1. The monoisotopic (exact) mass is 310 g/mol. The normalized spacial score (nSPS) is 14.0. The Balaban J connectivity index is 1.74. The topological polar surface area (TPSA) is 80.0 Å². The number of nitrogens with one attached hydrogen (secondary N) is 2. The molecule has 1 fully saturated rings. The molecule has 4 N–H and O–H groups in total. The van der Waals surface area contributed by atoms with Crippen LogP contribution in [0, 0.1) is 11.6 Å². The second-order valence-electron chi connectivity index (χ2n) is 4.74. The van der Waals surface area contributed by atoms with Crippen molar-refractivity contribution < 1.29 is 13.6 Å². The zero-order chi connectivity index (χ0) is 15.0. The maximum Gasteiger partial charge on any atom is 0.269 e. The number of carbonyl (C=O) groups excluding carboxylic acids is 1. The van der Waals surface area contributed by atoms with Gasteiger partial charge in [-0.1, -0.05) is 11.3 Å². The summed E-state index contributed by atoms with van der Waals surface area (Å²) in [4.78, 5) is 16.4. The summed E-state index contributed by atoms with van der Waals surface area (Å²) >= 11 is 1.14. The molecular formula is C13H12F2N4OS. The summed E-state index contributed by atoms with van der Waals surface area (Å²) in [6, 6.07) is 3.53. The average molecular weight is 310 g/mol. The van der Waals surface area contributed by atoms with Crippen LogP contribution in [0.25, 0.3) is 0 Å². The molecule has 21 heavy (non-hydrogen) atoms. The Morgan fingerprint density at radius 1 is 1.33 bits per heavy atom. The molecule has 0 bridgehead atoms. The molecule has 1 aliphatic carbocycles. The van der Waals surface area contributed by atoms with Gasteiger partial charge in [0.15, 0.2) is 16.8 Å². The van der Waals surface area contributed by atoms with Gasteiger partial charge in [0.1, 0.15) is 10.7 Å². The first-order valence-electron chi connectivity index (χ1n) is 6.32. The third kappa shape index (κ3) is 3.10. The van der Waals surface area contributed by atoms with Gasteiger partial charge in [-0.05, 0) is 25.0 Å². The summed E-state index contributed by atoms with van der Waals surface area (Å²) < 4.78 is 25.9. The van der Waals surface area contributed by atoms with Crippen LogP contribution < -0.4 is 16.4 Å². The smallest absolute Gasteiger partial charge is 0.269 e. The Labute approximate surface area is 123 Å². The van der Waals surface area contributed by atoms with E-state index in [9.17, 15) is 13.6 Å². The molecular weight excluding hydrogens is 298 g/mol. The zero-order valence-electron chi connectivity index (χ0n) is 10.8. The Morgan fingerprint density at radius 2 is 2.10 bits per heavy atom. The third-order valence-electron chi connectivity index (χ3n) is 2.94. The molecule has 1 aromatic heterocycles. The summed E-state index contributed by atoms with van der Waals surface area (Å²) in [5.74, 6) is -2.38. The van der Waals surface area contributed by atoms with Crippen molar-refractivity contribution in [3.05, 3.63) is 34.7 Å². The fourth-order valence-electron chi connectivity index (χ4n) is 1.72. The van der Waals surface area contributed by atoms with E-state index in [2.05, 4.69) is 15.6 Å². The number of aromatic nitrogens is 1. The van der Waals surface area contributed by atoms with E-state index in [0.29, 0.717) is 11.2 Å². The minimum atomic E-state index is -1.03. The summed E-state index contributed by atoms with van der Waals surface area (Å²) in [5, 5.41) is 6.20. The van der Waals surface area contributed by atoms with Crippen LogP contribution in [0.3, 0.4) is 0 Å². The summed E-state index contributed by atoms with van der Waals surface area (Å²) in [7, 11) is 0. The van der Waals surface area contributed by atoms with Gasteiger partial charge >= 0.3 is 0 Å². The van der Waals surface area contributed by atoms with Crippen LogP contribution in [0.1, 0.15) is 22.5 Å². The van der Waals surface area contributed by atoms with Gasteiger partial charge < -0.3 is 16.4 Å². The molecule has 1 heterocycles. The molecule has 8 heteroatoms. The SMILES string of the molecule is Nc1nc(NC2CC2)sc1C(=O)Nc1ccc(F)c(F)c1. The summed E-state index contributed by atoms with van der Waals surface area (Å²) in [5.41, 5.74) is 5.87. The largest absolute Gasteiger partial charge is 0.382 e. The fraction of sp³-hybridized carbons (Fsp3) is 0.231. The average Bonchev–Trinajstić information content (AvgIpc) is 3.16. The first-order chi connectivity index (χ1) is 10.0. The number of carbonyl (C=O) groups is 1. The molecule has 2 aromatic rings. The van der Waals surface area contributed by atoms with Crippen LogP contribution in [0.2, 0.25) is 0 Å². The van der Waals surface area contributed by atoms with Crippen molar-refractivity contribution in [1.29, 1.82) is 0 Å². The van der Waals surface area contributed by atoms with Gasteiger partial charge in [-0.2, -0.15) is 0 Å². The molecule has 1 aliphatic rings. The number of rotatable bonds is 4. The highest BCUT2D eigenvalue weighted by molar-refractivity contribution is 7.18. The number of amides is 1. The molecule has 0 radical (unpaired) electrons. The Bertz CT molecular complexity index is 699. The number of nitrogen functional groups attached to an aromatic ring is 1. The molecule has 1 aromatic carbocycles. The number of thiazole rings is 1. The lowest BCUT2D eigenvalue weighted by atomic mass is 10.3. The molecule has 1 saturated carbocycles. The van der Waals surface area contributed by atoms with Crippen molar-refractivity contribution in [1.82, 2.24) is 4.98 Å². The fourth-order valence-corrected chi connectivity index (χ4v) is 2.58. The van der Waals surface area contributed by atoms with E-state index in [-0.39, 0.29) is 16.4 Å². The number of anilines is 3. The van der Waals surface area contributed by atoms with Gasteiger partial charge in [-0.15, -0.1) is 0 Å². The van der Waals surface area contributed by atoms with Crippen LogP contribution in [-0.4, -0.2) is 16.9 Å². The van der Waals surface area contributed by atoms with Crippen molar-refractivity contribution in [3.8, 4) is 0 Å². The zero-order valence-corrected chi connectivity index (χ0v) is 11.6. The number of benzene rings is 1. The van der Waals surface area contributed by atoms with E-state index in [1.807, 2.05) is 0 Å². The van der Waals surface area contributed by atoms with Crippen molar-refractivity contribution in [2.45, 2.75) is 18.9 Å². The highest BCUT2D eigenvalue weighted by Gasteiger charge is 2.24. The van der Waals surface area contributed by atoms with Gasteiger partial charge in [-0.3, -0.25) is 4.79 Å². The van der Waals surface area contributed by atoms with Crippen LogP contribution in [0.5, 0.6) is 0 Å². The van der Waals surface area contributed by atoms with E-state index in [1.165, 1.54) is 6.07 Å². The van der Waals surface area contributed by atoms with Crippen LogP contribution in [0.4, 0.5) is 25.4 Å². The lowest BCUT2D eigenvalue weighted by molar-refractivity contribution is 0.103. The maximum atomic E-state index is 13.1. The van der Waals surface area contributed by atoms with Crippen molar-refractivity contribution in [2.24, 2.45) is 0 Å². The van der Waals surface area contributed by atoms with Gasteiger partial charge in [0.05, 0.1) is 0 Å². The van der Waals surface area contributed by atoms with Gasteiger partial charge in [0.2, 0.25) is 0 Å². The molecule has 0 spiro atoms. The lowest BCUT2D eigenvalue weighted by Crippen LogP contribution is -2.12. The van der Waals surface area contributed by atoms with Crippen molar-refractivity contribution >= 4 is 33.9 Å². The predicted molar refractivity (Wildman–Crippen MR) is 77.5 cm³/mol. The second kappa shape index (κ2) is 5.28. The Hall–Kier alpha value is -2.22. The highest BCUT2D eigenvalue weighted by Crippen LogP contribution is 2.31. The summed E-state index contributed by atoms with van der Waals surface area (Å²) in [6.45, 7) is 0. The van der Waals surface area contributed by atoms with E-state index < -0.39 is 17.5 Å². The second-order valence-corrected chi connectivity index (χ2v) is 5.73. The van der Waals surface area contributed by atoms with Gasteiger partial charge in [0.25, 0.3) is 5.91 Å². The third-order valence-corrected chi connectivity index (χ3v) is 3.94. The Kier molecular flexibility index (Phi) is 3.46. The van der Waals surface area contributed by atoms with E-state index >= 15 is 0 Å². The first-order valence-corrected chi connectivity index (χ1v) is 7.14. The molecule has 0 atom stereocenters. The van der Waals surface area contributed by atoms with E-state index in [1.54, 1.807) is 0 Å². The number of nitrogens with zero attached hydrogens (tertiary/aromatic N) is 1. The standard InChI is InChI=1S/C13H12F2N4OS/c14-8-4-3-7(5-9(8)15)17-12(20)10-11(16)19-13(21-10)18-6-1-2-6/h3-6H,1-2,16H2,(H,17,20)(H,18,19). The minimum absolute atomic E-state index is 0.114. The quantitative estimate of drug-likeness (QED) is 0.811. The molecule has 0 aliphatic heterocycles. The molecule has 0 saturated heterocycles. The van der Waals surface area contributed by atoms with E-state index in [0.717, 1.165) is 36.3 Å². The number of hydrogen-bond donors (Lipinski definition) is 3. The van der Waals surface area contributed by atoms with Gasteiger partial charge in [0, 0.05) is 17.8 Å². The van der Waals surface area contributed by atoms with Crippen LogP contribution in [0.15, 0.2) is 18.2 Å². The molecule has 110 valence electrons. The van der Waals surface area contributed by atoms with Gasteiger partial charge in [-0.25, -0.2) is 13.8 Å². The number of halogens is 2. The lowest BCUT2D eigenvalue weighted by Gasteiger charge is -2.04. The number of hydrogen-bond acceptors (Lipinski definition) is 5. The van der Waals surface area contributed by atoms with Crippen molar-refractivity contribution in [3.63, 3.8) is 0 Å². The molecule has 0 unspecified atom stereocenters. The predicted octanol–water partition coefficient (Wildman–Crippen LogP) is 2.83.